The summed E-state index contributed by atoms with van der Waals surface area (Å²) in [6.45, 7) is 8.61. The van der Waals surface area contributed by atoms with Crippen LogP contribution in [0.1, 0.15) is 49.1 Å². The van der Waals surface area contributed by atoms with Crippen molar-refractivity contribution in [3.05, 3.63) is 82.7 Å². The van der Waals surface area contributed by atoms with Crippen LogP contribution in [0.4, 0.5) is 0 Å². The highest BCUT2D eigenvalue weighted by molar-refractivity contribution is 5.94. The first-order valence-electron chi connectivity index (χ1n) is 10.3. The van der Waals surface area contributed by atoms with E-state index in [9.17, 15) is 4.79 Å². The van der Waals surface area contributed by atoms with Gasteiger partial charge in [-0.2, -0.15) is 0 Å². The zero-order valence-electron chi connectivity index (χ0n) is 18.3. The molecule has 3 N–H and O–H groups in total. The molecule has 0 unspecified atom stereocenters. The lowest BCUT2D eigenvalue weighted by atomic mass is 10.1. The maximum atomic E-state index is 12.9. The van der Waals surface area contributed by atoms with Gasteiger partial charge in [-0.05, 0) is 50.1 Å². The summed E-state index contributed by atoms with van der Waals surface area (Å²) in [5, 5.41) is 3.00. The molecular formula is C24H31N5O. The van der Waals surface area contributed by atoms with E-state index in [4.69, 9.17) is 5.73 Å². The molecule has 2 aromatic rings. The number of fused-ring (bicyclic) bond motifs is 1. The van der Waals surface area contributed by atoms with Crippen LogP contribution in [0.15, 0.2) is 65.6 Å². The molecule has 0 aliphatic carbocycles. The number of carbonyl (C=O) groups is 1. The third-order valence-corrected chi connectivity index (χ3v) is 5.45. The van der Waals surface area contributed by atoms with Crippen molar-refractivity contribution >= 4 is 11.5 Å². The van der Waals surface area contributed by atoms with Gasteiger partial charge in [-0.1, -0.05) is 43.3 Å². The first kappa shape index (κ1) is 21.6. The number of likely N-dealkylation sites (N-methyl/N-ethyl adjacent to an activating group) is 1. The Balaban J connectivity index is 1.80. The SMILES string of the molecule is CC\C(C)=C(NC(=O)c1cn2c(n1)CN(C)CC2)/C(N)=C\C=C(/C)c1ccccc1. The zero-order valence-corrected chi connectivity index (χ0v) is 18.3. The Hall–Kier alpha value is -3.12. The van der Waals surface area contributed by atoms with Crippen molar-refractivity contribution in [3.8, 4) is 0 Å². The van der Waals surface area contributed by atoms with Crippen LogP contribution in [0, 0.1) is 0 Å². The number of hydrogen-bond acceptors (Lipinski definition) is 4. The molecule has 0 atom stereocenters. The van der Waals surface area contributed by atoms with Crippen molar-refractivity contribution in [1.29, 1.82) is 0 Å². The average molecular weight is 406 g/mol. The Kier molecular flexibility index (Phi) is 6.90. The molecule has 1 aliphatic rings. The molecule has 158 valence electrons. The Morgan fingerprint density at radius 3 is 2.63 bits per heavy atom. The first-order chi connectivity index (χ1) is 14.4. The second-order valence-electron chi connectivity index (χ2n) is 7.77. The van der Waals surface area contributed by atoms with E-state index in [0.717, 1.165) is 48.6 Å². The van der Waals surface area contributed by atoms with Gasteiger partial charge in [0.1, 0.15) is 11.5 Å². The number of aromatic nitrogens is 2. The van der Waals surface area contributed by atoms with Gasteiger partial charge in [-0.15, -0.1) is 0 Å². The number of nitrogens with one attached hydrogen (secondary N) is 1. The van der Waals surface area contributed by atoms with Crippen LogP contribution >= 0.6 is 0 Å². The monoisotopic (exact) mass is 405 g/mol. The molecule has 1 aromatic carbocycles. The second kappa shape index (κ2) is 9.59. The molecule has 6 heteroatoms. The number of imidazole rings is 1. The maximum Gasteiger partial charge on any atom is 0.275 e. The van der Waals surface area contributed by atoms with Crippen LogP contribution in [0.5, 0.6) is 0 Å². The minimum Gasteiger partial charge on any atom is -0.397 e. The summed E-state index contributed by atoms with van der Waals surface area (Å²) < 4.78 is 2.05. The van der Waals surface area contributed by atoms with Crippen LogP contribution in [0.25, 0.3) is 5.57 Å². The van der Waals surface area contributed by atoms with E-state index < -0.39 is 0 Å². The van der Waals surface area contributed by atoms with Gasteiger partial charge < -0.3 is 15.6 Å². The smallest absolute Gasteiger partial charge is 0.275 e. The predicted octanol–water partition coefficient (Wildman–Crippen LogP) is 3.69. The fraction of sp³-hybridized carbons (Fsp3) is 0.333. The Morgan fingerprint density at radius 2 is 1.93 bits per heavy atom. The molecule has 0 bridgehead atoms. The third-order valence-electron chi connectivity index (χ3n) is 5.45. The van der Waals surface area contributed by atoms with Gasteiger partial charge >= 0.3 is 0 Å². The van der Waals surface area contributed by atoms with Gasteiger partial charge in [0.15, 0.2) is 0 Å². The van der Waals surface area contributed by atoms with Gasteiger partial charge in [0.25, 0.3) is 5.91 Å². The predicted molar refractivity (Wildman–Crippen MR) is 121 cm³/mol. The van der Waals surface area contributed by atoms with Gasteiger partial charge in [-0.25, -0.2) is 4.98 Å². The van der Waals surface area contributed by atoms with Crippen molar-refractivity contribution in [2.45, 2.75) is 40.3 Å². The topological polar surface area (TPSA) is 76.2 Å². The van der Waals surface area contributed by atoms with Crippen molar-refractivity contribution in [3.63, 3.8) is 0 Å². The Morgan fingerprint density at radius 1 is 1.20 bits per heavy atom. The van der Waals surface area contributed by atoms with Crippen LogP contribution in [-0.4, -0.2) is 34.0 Å². The maximum absolute atomic E-state index is 12.9. The summed E-state index contributed by atoms with van der Waals surface area (Å²) >= 11 is 0. The number of nitrogens with zero attached hydrogens (tertiary/aromatic N) is 3. The summed E-state index contributed by atoms with van der Waals surface area (Å²) in [7, 11) is 2.06. The molecule has 6 nitrogen and oxygen atoms in total. The Bertz CT molecular complexity index is 998. The highest BCUT2D eigenvalue weighted by atomic mass is 16.1. The molecule has 3 rings (SSSR count). The summed E-state index contributed by atoms with van der Waals surface area (Å²) in [6, 6.07) is 10.1. The number of carbonyl (C=O) groups excluding carboxylic acids is 1. The summed E-state index contributed by atoms with van der Waals surface area (Å²) in [5.41, 5.74) is 11.2. The molecule has 2 heterocycles. The van der Waals surface area contributed by atoms with Crippen molar-refractivity contribution in [2.24, 2.45) is 5.73 Å². The molecule has 30 heavy (non-hydrogen) atoms. The third kappa shape index (κ3) is 5.07. The standard InChI is InChI=1S/C24H31N5O/c1-5-17(2)23(20(25)12-11-18(3)19-9-7-6-8-10-19)27-24(30)21-15-29-14-13-28(4)16-22(29)26-21/h6-12,15H,5,13-14,16,25H2,1-4H3,(H,27,30)/b18-11+,20-12+,23-17+. The van der Waals surface area contributed by atoms with Crippen LogP contribution in [-0.2, 0) is 13.1 Å². The van der Waals surface area contributed by atoms with E-state index in [1.165, 1.54) is 0 Å². The molecule has 0 radical (unpaired) electrons. The van der Waals surface area contributed by atoms with Gasteiger partial charge in [0.2, 0.25) is 0 Å². The van der Waals surface area contributed by atoms with Gasteiger partial charge in [0.05, 0.1) is 17.9 Å². The molecule has 0 saturated heterocycles. The number of nitrogens with two attached hydrogens (primary N) is 1. The minimum absolute atomic E-state index is 0.234. The number of benzene rings is 1. The lowest BCUT2D eigenvalue weighted by Crippen LogP contribution is -2.30. The molecule has 1 amide bonds. The van der Waals surface area contributed by atoms with Gasteiger partial charge in [-0.3, -0.25) is 9.69 Å². The average Bonchev–Trinajstić information content (AvgIpc) is 3.18. The van der Waals surface area contributed by atoms with Crippen LogP contribution in [0.2, 0.25) is 0 Å². The first-order valence-corrected chi connectivity index (χ1v) is 10.3. The van der Waals surface area contributed by atoms with Crippen LogP contribution < -0.4 is 11.1 Å². The van der Waals surface area contributed by atoms with Crippen LogP contribution in [0.3, 0.4) is 0 Å². The summed E-state index contributed by atoms with van der Waals surface area (Å²) in [5.74, 6) is 0.680. The van der Waals surface area contributed by atoms with Gasteiger partial charge in [0, 0.05) is 19.3 Å². The highest BCUT2D eigenvalue weighted by Gasteiger charge is 2.20. The van der Waals surface area contributed by atoms with E-state index in [2.05, 4.69) is 38.9 Å². The van der Waals surface area contributed by atoms with Crippen molar-refractivity contribution < 1.29 is 4.79 Å². The quantitative estimate of drug-likeness (QED) is 0.719. The zero-order chi connectivity index (χ0) is 21.7. The molecule has 1 aromatic heterocycles. The number of amides is 1. The lowest BCUT2D eigenvalue weighted by Gasteiger charge is -2.22. The molecular weight excluding hydrogens is 374 g/mol. The number of rotatable bonds is 6. The fourth-order valence-corrected chi connectivity index (χ4v) is 3.36. The van der Waals surface area contributed by atoms with E-state index in [-0.39, 0.29) is 5.91 Å². The van der Waals surface area contributed by atoms with E-state index in [1.54, 1.807) is 0 Å². The lowest BCUT2D eigenvalue weighted by molar-refractivity contribution is 0.0961. The largest absolute Gasteiger partial charge is 0.397 e. The Labute approximate surface area is 178 Å². The summed E-state index contributed by atoms with van der Waals surface area (Å²) in [6.07, 6.45) is 6.45. The summed E-state index contributed by atoms with van der Waals surface area (Å²) in [4.78, 5) is 19.6. The number of allylic oxidation sites excluding steroid dienone is 4. The second-order valence-corrected chi connectivity index (χ2v) is 7.77. The minimum atomic E-state index is -0.234. The van der Waals surface area contributed by atoms with Crippen molar-refractivity contribution in [2.75, 3.05) is 13.6 Å². The van der Waals surface area contributed by atoms with E-state index >= 15 is 0 Å². The normalized spacial score (nSPS) is 16.1. The molecule has 0 fully saturated rings. The van der Waals surface area contributed by atoms with Crippen molar-refractivity contribution in [1.82, 2.24) is 19.8 Å². The molecule has 0 spiro atoms. The number of hydrogen-bond donors (Lipinski definition) is 2. The van der Waals surface area contributed by atoms with E-state index in [0.29, 0.717) is 17.1 Å². The van der Waals surface area contributed by atoms with E-state index in [1.807, 2.05) is 57.3 Å². The molecule has 1 aliphatic heterocycles. The fourth-order valence-electron chi connectivity index (χ4n) is 3.36. The molecule has 0 saturated carbocycles. The highest BCUT2D eigenvalue weighted by Crippen LogP contribution is 2.17.